The Morgan fingerprint density at radius 2 is 1.55 bits per heavy atom. The third-order valence-electron chi connectivity index (χ3n) is 3.58. The lowest BCUT2D eigenvalue weighted by Gasteiger charge is -2.10. The second kappa shape index (κ2) is 7.15. The zero-order valence-electron chi connectivity index (χ0n) is 12.4. The van der Waals surface area contributed by atoms with Crippen molar-refractivity contribution in [2.75, 3.05) is 6.54 Å². The number of rotatable bonds is 6. The van der Waals surface area contributed by atoms with Gasteiger partial charge >= 0.3 is 0 Å². The predicted octanol–water partition coefficient (Wildman–Crippen LogP) is 2.77. The summed E-state index contributed by atoms with van der Waals surface area (Å²) in [5, 5.41) is 0. The lowest BCUT2D eigenvalue weighted by atomic mass is 10.1. The van der Waals surface area contributed by atoms with Gasteiger partial charge in [0, 0.05) is 17.8 Å². The topological polar surface area (TPSA) is 51.8 Å². The Morgan fingerprint density at radius 1 is 0.900 bits per heavy atom. The maximum Gasteiger partial charge on any atom is 0.129 e. The fourth-order valence-electron chi connectivity index (χ4n) is 2.46. The van der Waals surface area contributed by atoms with Gasteiger partial charge in [-0.25, -0.2) is 9.97 Å². The normalized spacial score (nSPS) is 10.8. The fourth-order valence-corrected chi connectivity index (χ4v) is 2.46. The lowest BCUT2D eigenvalue weighted by molar-refractivity contribution is 0.775. The van der Waals surface area contributed by atoms with E-state index in [1.165, 1.54) is 11.1 Å². The molecule has 1 aromatic heterocycles. The van der Waals surface area contributed by atoms with Gasteiger partial charge in [-0.2, -0.15) is 0 Å². The molecule has 3 heteroatoms. The Bertz CT molecular complexity index is 526. The van der Waals surface area contributed by atoms with Crippen molar-refractivity contribution in [2.24, 2.45) is 5.73 Å². The van der Waals surface area contributed by atoms with E-state index in [2.05, 4.69) is 48.1 Å². The van der Waals surface area contributed by atoms with Gasteiger partial charge in [0.15, 0.2) is 0 Å². The van der Waals surface area contributed by atoms with E-state index in [9.17, 15) is 0 Å². The van der Waals surface area contributed by atoms with E-state index in [4.69, 9.17) is 5.73 Å². The number of benzene rings is 1. The molecule has 1 aromatic carbocycles. The molecule has 0 radical (unpaired) electrons. The van der Waals surface area contributed by atoms with Crippen molar-refractivity contribution in [3.63, 3.8) is 0 Å². The van der Waals surface area contributed by atoms with Crippen LogP contribution in [0.25, 0.3) is 0 Å². The smallest absolute Gasteiger partial charge is 0.129 e. The zero-order chi connectivity index (χ0) is 14.4. The Balaban J connectivity index is 2.06. The van der Waals surface area contributed by atoms with Gasteiger partial charge in [0.25, 0.3) is 0 Å². The molecule has 1 heterocycles. The Labute approximate surface area is 121 Å². The van der Waals surface area contributed by atoms with Crippen LogP contribution >= 0.6 is 0 Å². The molecule has 0 fully saturated rings. The number of nitrogens with two attached hydrogens (primary N) is 1. The molecule has 0 atom stereocenters. The van der Waals surface area contributed by atoms with Crippen molar-refractivity contribution in [3.05, 3.63) is 58.7 Å². The Morgan fingerprint density at radius 3 is 2.15 bits per heavy atom. The summed E-state index contributed by atoms with van der Waals surface area (Å²) >= 11 is 0. The minimum atomic E-state index is 0.717. The second-order valence-corrected chi connectivity index (χ2v) is 5.17. The van der Waals surface area contributed by atoms with Crippen LogP contribution in [-0.4, -0.2) is 16.5 Å². The maximum absolute atomic E-state index is 5.58. The molecule has 0 aliphatic heterocycles. The summed E-state index contributed by atoms with van der Waals surface area (Å²) in [7, 11) is 0. The first-order chi connectivity index (χ1) is 9.70. The van der Waals surface area contributed by atoms with Crippen LogP contribution in [0.15, 0.2) is 30.3 Å². The van der Waals surface area contributed by atoms with E-state index < -0.39 is 0 Å². The summed E-state index contributed by atoms with van der Waals surface area (Å²) in [6.07, 6.45) is 3.85. The van der Waals surface area contributed by atoms with E-state index in [-0.39, 0.29) is 0 Å². The molecule has 2 N–H and O–H groups in total. The first-order valence-corrected chi connectivity index (χ1v) is 7.27. The van der Waals surface area contributed by atoms with E-state index in [1.807, 2.05) is 6.07 Å². The van der Waals surface area contributed by atoms with E-state index in [0.717, 1.165) is 42.9 Å². The summed E-state index contributed by atoms with van der Waals surface area (Å²) in [4.78, 5) is 9.30. The molecular weight excluding hydrogens is 246 g/mol. The van der Waals surface area contributed by atoms with Crippen LogP contribution in [0.2, 0.25) is 0 Å². The molecule has 106 valence electrons. The van der Waals surface area contributed by atoms with Gasteiger partial charge in [0.2, 0.25) is 0 Å². The summed E-state index contributed by atoms with van der Waals surface area (Å²) < 4.78 is 0. The van der Waals surface area contributed by atoms with Gasteiger partial charge in [-0.05, 0) is 50.8 Å². The average molecular weight is 269 g/mol. The SMILES string of the molecule is Cc1nc(CCc2ccccc2)nc(C)c1CCCN. The van der Waals surface area contributed by atoms with Crippen LogP contribution in [0, 0.1) is 13.8 Å². The number of hydrogen-bond acceptors (Lipinski definition) is 3. The fraction of sp³-hybridized carbons (Fsp3) is 0.412. The standard InChI is InChI=1S/C17H23N3/c1-13-16(9-6-12-18)14(2)20-17(19-13)11-10-15-7-4-3-5-8-15/h3-5,7-8H,6,9-12,18H2,1-2H3. The molecule has 0 unspecified atom stereocenters. The van der Waals surface area contributed by atoms with Crippen LogP contribution in [0.1, 0.15) is 34.8 Å². The molecule has 0 aliphatic carbocycles. The maximum atomic E-state index is 5.58. The van der Waals surface area contributed by atoms with Crippen molar-refractivity contribution in [1.29, 1.82) is 0 Å². The first-order valence-electron chi connectivity index (χ1n) is 7.27. The molecule has 20 heavy (non-hydrogen) atoms. The molecule has 0 aliphatic rings. The quantitative estimate of drug-likeness (QED) is 0.877. The lowest BCUT2D eigenvalue weighted by Crippen LogP contribution is -2.08. The first kappa shape index (κ1) is 14.7. The molecule has 2 aromatic rings. The van der Waals surface area contributed by atoms with Crippen molar-refractivity contribution < 1.29 is 0 Å². The zero-order valence-corrected chi connectivity index (χ0v) is 12.4. The van der Waals surface area contributed by atoms with Gasteiger partial charge in [-0.1, -0.05) is 30.3 Å². The van der Waals surface area contributed by atoms with E-state index >= 15 is 0 Å². The van der Waals surface area contributed by atoms with Gasteiger partial charge in [-0.15, -0.1) is 0 Å². The Hall–Kier alpha value is -1.74. The molecule has 0 bridgehead atoms. The highest BCUT2D eigenvalue weighted by atomic mass is 14.9. The molecule has 3 nitrogen and oxygen atoms in total. The summed E-state index contributed by atoms with van der Waals surface area (Å²) in [6, 6.07) is 10.5. The molecule has 0 spiro atoms. The van der Waals surface area contributed by atoms with Crippen molar-refractivity contribution in [1.82, 2.24) is 9.97 Å². The highest BCUT2D eigenvalue weighted by Crippen LogP contribution is 2.13. The molecule has 2 rings (SSSR count). The highest BCUT2D eigenvalue weighted by Gasteiger charge is 2.08. The monoisotopic (exact) mass is 269 g/mol. The van der Waals surface area contributed by atoms with E-state index in [1.54, 1.807) is 0 Å². The second-order valence-electron chi connectivity index (χ2n) is 5.17. The van der Waals surface area contributed by atoms with Crippen LogP contribution in [-0.2, 0) is 19.3 Å². The molecular formula is C17H23N3. The van der Waals surface area contributed by atoms with Gasteiger partial charge in [0.1, 0.15) is 5.82 Å². The van der Waals surface area contributed by atoms with Crippen LogP contribution in [0.3, 0.4) is 0 Å². The minimum Gasteiger partial charge on any atom is -0.330 e. The predicted molar refractivity (Wildman–Crippen MR) is 82.7 cm³/mol. The van der Waals surface area contributed by atoms with Gasteiger partial charge in [-0.3, -0.25) is 0 Å². The largest absolute Gasteiger partial charge is 0.330 e. The average Bonchev–Trinajstić information content (AvgIpc) is 2.45. The summed E-state index contributed by atoms with van der Waals surface area (Å²) in [5.41, 5.74) is 10.4. The number of hydrogen-bond donors (Lipinski definition) is 1. The highest BCUT2D eigenvalue weighted by molar-refractivity contribution is 5.25. The van der Waals surface area contributed by atoms with Crippen molar-refractivity contribution in [3.8, 4) is 0 Å². The minimum absolute atomic E-state index is 0.717. The summed E-state index contributed by atoms with van der Waals surface area (Å²) in [6.45, 7) is 4.87. The number of aryl methyl sites for hydroxylation is 4. The third kappa shape index (κ3) is 3.87. The Kier molecular flexibility index (Phi) is 5.24. The van der Waals surface area contributed by atoms with Crippen LogP contribution in [0.5, 0.6) is 0 Å². The van der Waals surface area contributed by atoms with Crippen LogP contribution in [0.4, 0.5) is 0 Å². The molecule has 0 saturated heterocycles. The van der Waals surface area contributed by atoms with Crippen molar-refractivity contribution >= 4 is 0 Å². The van der Waals surface area contributed by atoms with Gasteiger partial charge in [0.05, 0.1) is 0 Å². The van der Waals surface area contributed by atoms with Crippen LogP contribution < -0.4 is 5.73 Å². The third-order valence-corrected chi connectivity index (χ3v) is 3.58. The van der Waals surface area contributed by atoms with E-state index in [0.29, 0.717) is 6.54 Å². The summed E-state index contributed by atoms with van der Waals surface area (Å²) in [5.74, 6) is 0.945. The number of nitrogens with zero attached hydrogens (tertiary/aromatic N) is 2. The number of aromatic nitrogens is 2. The molecule has 0 saturated carbocycles. The van der Waals surface area contributed by atoms with Crippen molar-refractivity contribution in [2.45, 2.75) is 39.5 Å². The van der Waals surface area contributed by atoms with Gasteiger partial charge < -0.3 is 5.73 Å². The molecule has 0 amide bonds.